The molecule has 0 saturated carbocycles. The summed E-state index contributed by atoms with van der Waals surface area (Å²) in [5, 5.41) is 8.55. The van der Waals surface area contributed by atoms with Crippen LogP contribution in [-0.2, 0) is 0 Å². The van der Waals surface area contributed by atoms with Crippen molar-refractivity contribution in [2.75, 3.05) is 6.61 Å². The van der Waals surface area contributed by atoms with Gasteiger partial charge >= 0.3 is 12.0 Å². The molecule has 0 fully saturated rings. The normalized spacial score (nSPS) is 8.85. The van der Waals surface area contributed by atoms with Crippen LogP contribution in [0.1, 0.15) is 10.5 Å². The van der Waals surface area contributed by atoms with Gasteiger partial charge in [0.2, 0.25) is 0 Å². The molecule has 13 heavy (non-hydrogen) atoms. The minimum atomic E-state index is -1.13. The quantitative estimate of drug-likeness (QED) is 0.668. The molecule has 0 saturated heterocycles. The molecule has 0 bridgehead atoms. The maximum atomic E-state index is 10.4. The van der Waals surface area contributed by atoms with E-state index in [1.165, 1.54) is 12.3 Å². The SMILES string of the molecule is C#CCOc1nccc(C(=O)O)n1. The van der Waals surface area contributed by atoms with Gasteiger partial charge < -0.3 is 9.84 Å². The number of nitrogens with zero attached hydrogens (tertiary/aromatic N) is 2. The molecule has 0 aliphatic heterocycles. The minimum absolute atomic E-state index is 0.0169. The van der Waals surface area contributed by atoms with Gasteiger partial charge in [-0.25, -0.2) is 9.78 Å². The highest BCUT2D eigenvalue weighted by molar-refractivity contribution is 5.85. The van der Waals surface area contributed by atoms with Crippen molar-refractivity contribution >= 4 is 5.97 Å². The maximum Gasteiger partial charge on any atom is 0.354 e. The average Bonchev–Trinajstić information content (AvgIpc) is 2.15. The fraction of sp³-hybridized carbons (Fsp3) is 0.125. The smallest absolute Gasteiger partial charge is 0.354 e. The van der Waals surface area contributed by atoms with Crippen LogP contribution in [-0.4, -0.2) is 27.7 Å². The van der Waals surface area contributed by atoms with E-state index in [2.05, 4.69) is 15.9 Å². The van der Waals surface area contributed by atoms with Crippen LogP contribution in [0.5, 0.6) is 6.01 Å². The van der Waals surface area contributed by atoms with Crippen molar-refractivity contribution in [1.82, 2.24) is 9.97 Å². The fourth-order valence-corrected chi connectivity index (χ4v) is 0.636. The molecule has 66 valence electrons. The Morgan fingerprint density at radius 2 is 2.54 bits per heavy atom. The van der Waals surface area contributed by atoms with E-state index in [1.807, 2.05) is 0 Å². The molecule has 1 aromatic rings. The van der Waals surface area contributed by atoms with Gasteiger partial charge in [-0.1, -0.05) is 5.92 Å². The lowest BCUT2D eigenvalue weighted by Gasteiger charge is -1.99. The molecule has 0 atom stereocenters. The second kappa shape index (κ2) is 4.07. The van der Waals surface area contributed by atoms with Gasteiger partial charge in [0.1, 0.15) is 0 Å². The predicted molar refractivity (Wildman–Crippen MR) is 43.3 cm³/mol. The Morgan fingerprint density at radius 1 is 1.77 bits per heavy atom. The molecular weight excluding hydrogens is 172 g/mol. The van der Waals surface area contributed by atoms with E-state index in [1.54, 1.807) is 0 Å². The third kappa shape index (κ3) is 2.45. The van der Waals surface area contributed by atoms with Crippen LogP contribution in [0.2, 0.25) is 0 Å². The number of carbonyl (C=O) groups is 1. The molecule has 0 amide bonds. The number of aromatic nitrogens is 2. The molecule has 1 rings (SSSR count). The van der Waals surface area contributed by atoms with Crippen LogP contribution < -0.4 is 4.74 Å². The summed E-state index contributed by atoms with van der Waals surface area (Å²) in [6, 6.07) is 1.24. The summed E-state index contributed by atoms with van der Waals surface area (Å²) in [5.41, 5.74) is -0.123. The first-order valence-corrected chi connectivity index (χ1v) is 3.36. The topological polar surface area (TPSA) is 72.3 Å². The standard InChI is InChI=1S/C8H6N2O3/c1-2-5-13-8-9-4-3-6(10-8)7(11)12/h1,3-4H,5H2,(H,11,12). The van der Waals surface area contributed by atoms with Crippen LogP contribution in [0.25, 0.3) is 0 Å². The number of aromatic carboxylic acids is 1. The van der Waals surface area contributed by atoms with Crippen LogP contribution in [0, 0.1) is 12.3 Å². The highest BCUT2D eigenvalue weighted by Crippen LogP contribution is 2.02. The van der Waals surface area contributed by atoms with Gasteiger partial charge in [-0.05, 0) is 6.07 Å². The number of carboxylic acid groups (broad SMARTS) is 1. The van der Waals surface area contributed by atoms with Gasteiger partial charge in [0.15, 0.2) is 12.3 Å². The Balaban J connectivity index is 2.80. The fourth-order valence-electron chi connectivity index (χ4n) is 0.636. The predicted octanol–water partition coefficient (Wildman–Crippen LogP) is 0.187. The lowest BCUT2D eigenvalue weighted by atomic mass is 10.4. The Morgan fingerprint density at radius 3 is 3.15 bits per heavy atom. The molecule has 0 aliphatic rings. The maximum absolute atomic E-state index is 10.4. The zero-order valence-electron chi connectivity index (χ0n) is 6.60. The number of hydrogen-bond acceptors (Lipinski definition) is 4. The highest BCUT2D eigenvalue weighted by Gasteiger charge is 2.05. The summed E-state index contributed by atoms with van der Waals surface area (Å²) in [4.78, 5) is 17.7. The molecule has 1 heterocycles. The van der Waals surface area contributed by atoms with Crippen molar-refractivity contribution in [3.63, 3.8) is 0 Å². The Kier molecular flexibility index (Phi) is 2.82. The zero-order valence-corrected chi connectivity index (χ0v) is 6.60. The van der Waals surface area contributed by atoms with E-state index in [4.69, 9.17) is 16.3 Å². The van der Waals surface area contributed by atoms with Crippen molar-refractivity contribution in [3.8, 4) is 18.4 Å². The van der Waals surface area contributed by atoms with Gasteiger partial charge in [-0.3, -0.25) is 0 Å². The van der Waals surface area contributed by atoms with Gasteiger partial charge in [-0.2, -0.15) is 4.98 Å². The summed E-state index contributed by atoms with van der Waals surface area (Å²) in [7, 11) is 0. The van der Waals surface area contributed by atoms with E-state index in [9.17, 15) is 4.79 Å². The Hall–Kier alpha value is -2.09. The van der Waals surface area contributed by atoms with Crippen molar-refractivity contribution < 1.29 is 14.6 Å². The molecule has 0 aliphatic carbocycles. The summed E-state index contributed by atoms with van der Waals surface area (Å²) < 4.78 is 4.82. The van der Waals surface area contributed by atoms with Gasteiger partial charge in [-0.15, -0.1) is 6.42 Å². The van der Waals surface area contributed by atoms with Crippen molar-refractivity contribution in [3.05, 3.63) is 18.0 Å². The number of hydrogen-bond donors (Lipinski definition) is 1. The van der Waals surface area contributed by atoms with Crippen LogP contribution in [0.3, 0.4) is 0 Å². The van der Waals surface area contributed by atoms with E-state index >= 15 is 0 Å². The number of ether oxygens (including phenoxy) is 1. The van der Waals surface area contributed by atoms with Crippen molar-refractivity contribution in [2.24, 2.45) is 0 Å². The largest absolute Gasteiger partial charge is 0.477 e. The second-order valence-electron chi connectivity index (χ2n) is 2.02. The average molecular weight is 178 g/mol. The molecule has 0 radical (unpaired) electrons. The van der Waals surface area contributed by atoms with Crippen LogP contribution in [0.15, 0.2) is 12.3 Å². The second-order valence-corrected chi connectivity index (χ2v) is 2.02. The molecule has 1 N–H and O–H groups in total. The number of carboxylic acids is 1. The Bertz CT molecular complexity index is 357. The lowest BCUT2D eigenvalue weighted by Crippen LogP contribution is -2.04. The van der Waals surface area contributed by atoms with E-state index < -0.39 is 5.97 Å². The summed E-state index contributed by atoms with van der Waals surface area (Å²) >= 11 is 0. The van der Waals surface area contributed by atoms with Crippen LogP contribution in [0.4, 0.5) is 0 Å². The van der Waals surface area contributed by atoms with E-state index in [0.29, 0.717) is 0 Å². The van der Waals surface area contributed by atoms with Crippen molar-refractivity contribution in [2.45, 2.75) is 0 Å². The first-order valence-electron chi connectivity index (χ1n) is 3.36. The first kappa shape index (κ1) is 9.00. The lowest BCUT2D eigenvalue weighted by molar-refractivity contribution is 0.0689. The van der Waals surface area contributed by atoms with Crippen molar-refractivity contribution in [1.29, 1.82) is 0 Å². The zero-order chi connectivity index (χ0) is 9.68. The molecular formula is C8H6N2O3. The third-order valence-electron chi connectivity index (χ3n) is 1.14. The summed E-state index contributed by atoms with van der Waals surface area (Å²) in [6.07, 6.45) is 6.22. The summed E-state index contributed by atoms with van der Waals surface area (Å²) in [6.45, 7) is 0.0169. The van der Waals surface area contributed by atoms with Gasteiger partial charge in [0, 0.05) is 6.20 Å². The molecule has 0 aromatic carbocycles. The van der Waals surface area contributed by atoms with Gasteiger partial charge in [0.05, 0.1) is 0 Å². The molecule has 5 heteroatoms. The summed E-state index contributed by atoms with van der Waals surface area (Å²) in [5.74, 6) is 1.08. The Labute approximate surface area is 74.4 Å². The molecule has 0 unspecified atom stereocenters. The van der Waals surface area contributed by atoms with E-state index in [0.717, 1.165) is 0 Å². The van der Waals surface area contributed by atoms with Gasteiger partial charge in [0.25, 0.3) is 0 Å². The molecule has 5 nitrogen and oxygen atoms in total. The number of terminal acetylenes is 1. The number of rotatable bonds is 3. The third-order valence-corrected chi connectivity index (χ3v) is 1.14. The highest BCUT2D eigenvalue weighted by atomic mass is 16.5. The van der Waals surface area contributed by atoms with Crippen LogP contribution >= 0.6 is 0 Å². The monoisotopic (exact) mass is 178 g/mol. The minimum Gasteiger partial charge on any atom is -0.477 e. The van der Waals surface area contributed by atoms with E-state index in [-0.39, 0.29) is 18.3 Å². The molecule has 1 aromatic heterocycles. The molecule has 0 spiro atoms. The first-order chi connectivity index (χ1) is 6.24.